The van der Waals surface area contributed by atoms with E-state index in [1.807, 2.05) is 19.9 Å². The Morgan fingerprint density at radius 2 is 2.00 bits per heavy atom. The van der Waals surface area contributed by atoms with Gasteiger partial charge < -0.3 is 15.2 Å². The van der Waals surface area contributed by atoms with Gasteiger partial charge in [0.05, 0.1) is 0 Å². The summed E-state index contributed by atoms with van der Waals surface area (Å²) in [5.41, 5.74) is 6.01. The first-order valence-electron chi connectivity index (χ1n) is 6.66. The average Bonchev–Trinajstić information content (AvgIpc) is 2.56. The number of nitrogens with two attached hydrogens (primary N) is 1. The summed E-state index contributed by atoms with van der Waals surface area (Å²) in [5.74, 6) is -0.179. The maximum Gasteiger partial charge on any atom is 0.241 e. The zero-order chi connectivity index (χ0) is 15.0. The molecule has 1 aliphatic heterocycles. The predicted octanol–water partition coefficient (Wildman–Crippen LogP) is 2.59. The van der Waals surface area contributed by atoms with Crippen LogP contribution in [0.3, 0.4) is 0 Å². The van der Waals surface area contributed by atoms with Crippen LogP contribution in [0.2, 0.25) is 0 Å². The van der Waals surface area contributed by atoms with Gasteiger partial charge in [0.1, 0.15) is 11.9 Å². The van der Waals surface area contributed by atoms with Gasteiger partial charge in [0.2, 0.25) is 11.7 Å². The van der Waals surface area contributed by atoms with Crippen molar-refractivity contribution in [3.05, 3.63) is 47.8 Å². The summed E-state index contributed by atoms with van der Waals surface area (Å²) < 4.78 is 11.6. The van der Waals surface area contributed by atoms with E-state index in [2.05, 4.69) is 26.0 Å². The lowest BCUT2D eigenvalue weighted by Gasteiger charge is -2.28. The third-order valence-corrected chi connectivity index (χ3v) is 3.28. The Labute approximate surface area is 119 Å². The lowest BCUT2D eigenvalue weighted by atomic mass is 9.79. The summed E-state index contributed by atoms with van der Waals surface area (Å²) >= 11 is 0. The first-order valence-corrected chi connectivity index (χ1v) is 6.66. The molecule has 1 unspecified atom stereocenters. The predicted molar refractivity (Wildman–Crippen MR) is 77.5 cm³/mol. The molecule has 2 aliphatic rings. The molecule has 4 heteroatoms. The molecule has 1 saturated heterocycles. The minimum Gasteiger partial charge on any atom is -0.464 e. The molecule has 2 N–H and O–H groups in total. The molecule has 4 nitrogen and oxygen atoms in total. The Hall–Kier alpha value is -1.81. The van der Waals surface area contributed by atoms with Crippen LogP contribution in [0.5, 0.6) is 0 Å². The second-order valence-electron chi connectivity index (χ2n) is 6.05. The van der Waals surface area contributed by atoms with E-state index in [-0.39, 0.29) is 11.5 Å². The molecule has 1 fully saturated rings. The van der Waals surface area contributed by atoms with E-state index in [4.69, 9.17) is 15.2 Å². The molecule has 0 aromatic rings. The van der Waals surface area contributed by atoms with Crippen molar-refractivity contribution in [3.63, 3.8) is 0 Å². The van der Waals surface area contributed by atoms with E-state index in [1.165, 1.54) is 6.08 Å². The van der Waals surface area contributed by atoms with Crippen LogP contribution < -0.4 is 5.73 Å². The van der Waals surface area contributed by atoms with Gasteiger partial charge in [-0.3, -0.25) is 4.79 Å². The topological polar surface area (TPSA) is 61.5 Å². The molecule has 20 heavy (non-hydrogen) atoms. The van der Waals surface area contributed by atoms with Crippen molar-refractivity contribution in [3.8, 4) is 0 Å². The van der Waals surface area contributed by atoms with E-state index in [9.17, 15) is 4.79 Å². The van der Waals surface area contributed by atoms with E-state index >= 15 is 0 Å². The summed E-state index contributed by atoms with van der Waals surface area (Å²) in [6.45, 7) is 8.02. The van der Waals surface area contributed by atoms with Crippen molar-refractivity contribution in [1.82, 2.24) is 0 Å². The van der Waals surface area contributed by atoms with Crippen LogP contribution in [0.4, 0.5) is 0 Å². The third-order valence-electron chi connectivity index (χ3n) is 3.28. The number of ether oxygens (including phenoxy) is 2. The van der Waals surface area contributed by atoms with Crippen molar-refractivity contribution >= 4 is 5.91 Å². The highest BCUT2D eigenvalue weighted by molar-refractivity contribution is 5.86. The maximum absolute atomic E-state index is 10.6. The number of amides is 1. The van der Waals surface area contributed by atoms with Crippen LogP contribution in [0.1, 0.15) is 27.7 Å². The van der Waals surface area contributed by atoms with Gasteiger partial charge in [-0.25, -0.2) is 0 Å². The van der Waals surface area contributed by atoms with E-state index in [0.717, 1.165) is 11.3 Å². The number of rotatable bonds is 3. The van der Waals surface area contributed by atoms with Gasteiger partial charge in [-0.1, -0.05) is 32.1 Å². The van der Waals surface area contributed by atoms with Gasteiger partial charge in [0.15, 0.2) is 0 Å². The minimum absolute atomic E-state index is 0.141. The molecule has 0 aromatic heterocycles. The fraction of sp³-hybridized carbons (Fsp3) is 0.438. The Kier molecular flexibility index (Phi) is 3.61. The number of allylic oxidation sites excluding steroid dienone is 5. The second-order valence-corrected chi connectivity index (χ2v) is 6.05. The fourth-order valence-electron chi connectivity index (χ4n) is 2.35. The number of hydrogen-bond acceptors (Lipinski definition) is 3. The monoisotopic (exact) mass is 275 g/mol. The lowest BCUT2D eigenvalue weighted by molar-refractivity contribution is -0.126. The van der Waals surface area contributed by atoms with Gasteiger partial charge in [0.25, 0.3) is 0 Å². The van der Waals surface area contributed by atoms with E-state index in [0.29, 0.717) is 0 Å². The van der Waals surface area contributed by atoms with Gasteiger partial charge in [-0.2, -0.15) is 0 Å². The third kappa shape index (κ3) is 3.20. The summed E-state index contributed by atoms with van der Waals surface area (Å²) in [4.78, 5) is 10.6. The maximum atomic E-state index is 10.6. The van der Waals surface area contributed by atoms with Crippen LogP contribution in [0, 0.1) is 5.41 Å². The van der Waals surface area contributed by atoms with Crippen molar-refractivity contribution in [2.24, 2.45) is 11.1 Å². The highest BCUT2D eigenvalue weighted by atomic mass is 16.7. The van der Waals surface area contributed by atoms with E-state index in [1.54, 1.807) is 12.2 Å². The molecule has 0 bridgehead atoms. The number of hydrogen-bond donors (Lipinski definition) is 1. The zero-order valence-electron chi connectivity index (χ0n) is 12.3. The lowest BCUT2D eigenvalue weighted by Crippen LogP contribution is -2.22. The summed E-state index contributed by atoms with van der Waals surface area (Å²) in [5, 5.41) is 0. The van der Waals surface area contributed by atoms with E-state index < -0.39 is 11.7 Å². The standard InChI is InChI=1S/C16H21NO3/c1-15(2)10-13-12(19-16(3,4)20-13)9-11(15)7-5-6-8-14(17)18/h5-10,12H,1-4H3,(H2,17,18). The largest absolute Gasteiger partial charge is 0.464 e. The van der Waals surface area contributed by atoms with Crippen LogP contribution in [0.25, 0.3) is 0 Å². The summed E-state index contributed by atoms with van der Waals surface area (Å²) in [6.07, 6.45) is 10.7. The fourth-order valence-corrected chi connectivity index (χ4v) is 2.35. The van der Waals surface area contributed by atoms with Crippen LogP contribution in [-0.2, 0) is 14.3 Å². The first-order chi connectivity index (χ1) is 9.20. The SMILES string of the molecule is CC1(C)OC2=CC(C)(C)C(C=CC=CC(N)=O)=CC2O1. The Bertz CT molecular complexity index is 536. The smallest absolute Gasteiger partial charge is 0.241 e. The summed E-state index contributed by atoms with van der Waals surface area (Å²) in [7, 11) is 0. The number of carbonyl (C=O) groups excluding carboxylic acids is 1. The van der Waals surface area contributed by atoms with Crippen LogP contribution >= 0.6 is 0 Å². The molecule has 108 valence electrons. The molecule has 2 rings (SSSR count). The Morgan fingerprint density at radius 1 is 1.30 bits per heavy atom. The quantitative estimate of drug-likeness (QED) is 0.636. The highest BCUT2D eigenvalue weighted by Crippen LogP contribution is 2.42. The molecule has 0 saturated carbocycles. The molecule has 0 spiro atoms. The molecule has 1 aliphatic carbocycles. The minimum atomic E-state index is -0.589. The molecular weight excluding hydrogens is 254 g/mol. The number of primary amides is 1. The Balaban J connectivity index is 2.20. The molecule has 1 amide bonds. The number of carbonyl (C=O) groups is 1. The first kappa shape index (κ1) is 14.6. The molecule has 1 heterocycles. The summed E-state index contributed by atoms with van der Waals surface area (Å²) in [6, 6.07) is 0. The van der Waals surface area contributed by atoms with Gasteiger partial charge in [-0.15, -0.1) is 0 Å². The van der Waals surface area contributed by atoms with Crippen molar-refractivity contribution in [2.45, 2.75) is 39.6 Å². The molecule has 1 atom stereocenters. The molecule has 0 radical (unpaired) electrons. The van der Waals surface area contributed by atoms with Gasteiger partial charge in [-0.05, 0) is 17.7 Å². The average molecular weight is 275 g/mol. The van der Waals surface area contributed by atoms with Crippen LogP contribution in [-0.4, -0.2) is 17.8 Å². The van der Waals surface area contributed by atoms with Crippen molar-refractivity contribution in [1.29, 1.82) is 0 Å². The second kappa shape index (κ2) is 4.94. The zero-order valence-corrected chi connectivity index (χ0v) is 12.3. The Morgan fingerprint density at radius 3 is 2.65 bits per heavy atom. The number of fused-ring (bicyclic) bond motifs is 1. The van der Waals surface area contributed by atoms with Gasteiger partial charge in [0, 0.05) is 25.3 Å². The molecule has 0 aromatic carbocycles. The van der Waals surface area contributed by atoms with Gasteiger partial charge >= 0.3 is 0 Å². The van der Waals surface area contributed by atoms with Crippen LogP contribution in [0.15, 0.2) is 47.8 Å². The van der Waals surface area contributed by atoms with Crippen molar-refractivity contribution in [2.75, 3.05) is 0 Å². The van der Waals surface area contributed by atoms with Crippen molar-refractivity contribution < 1.29 is 14.3 Å². The highest BCUT2D eigenvalue weighted by Gasteiger charge is 2.41. The molecular formula is C16H21NO3. The normalized spacial score (nSPS) is 27.1.